The number of hydrogen-bond acceptors (Lipinski definition) is 3. The number of aromatic nitrogens is 1. The molecule has 0 radical (unpaired) electrons. The number of hydrogen-bond donors (Lipinski definition) is 1. The molecule has 0 bridgehead atoms. The normalized spacial score (nSPS) is 10.6. The van der Waals surface area contributed by atoms with Crippen LogP contribution in [0.5, 0.6) is 11.6 Å². The third kappa shape index (κ3) is 4.03. The van der Waals surface area contributed by atoms with Gasteiger partial charge in [0.15, 0.2) is 0 Å². The van der Waals surface area contributed by atoms with E-state index in [0.29, 0.717) is 11.6 Å². The number of benzene rings is 1. The first-order chi connectivity index (χ1) is 9.69. The Bertz CT molecular complexity index is 555. The molecule has 0 aliphatic carbocycles. The molecule has 0 fully saturated rings. The number of aryl methyl sites for hydroxylation is 1. The molecule has 1 N–H and O–H groups in total. The van der Waals surface area contributed by atoms with Crippen LogP contribution in [-0.2, 0) is 6.54 Å². The summed E-state index contributed by atoms with van der Waals surface area (Å²) in [6.07, 6.45) is 2.91. The van der Waals surface area contributed by atoms with Gasteiger partial charge >= 0.3 is 0 Å². The van der Waals surface area contributed by atoms with Gasteiger partial charge in [0.1, 0.15) is 11.6 Å². The van der Waals surface area contributed by atoms with Crippen LogP contribution in [0.1, 0.15) is 24.5 Å². The van der Waals surface area contributed by atoms with Crippen LogP contribution >= 0.6 is 0 Å². The topological polar surface area (TPSA) is 34.2 Å². The van der Waals surface area contributed by atoms with Gasteiger partial charge in [0.2, 0.25) is 5.88 Å². The Morgan fingerprint density at radius 3 is 2.65 bits per heavy atom. The van der Waals surface area contributed by atoms with E-state index in [4.69, 9.17) is 4.74 Å². The van der Waals surface area contributed by atoms with Crippen molar-refractivity contribution < 1.29 is 9.13 Å². The number of nitrogens with zero attached hydrogens (tertiary/aromatic N) is 1. The Labute approximate surface area is 118 Å². The fourth-order valence-corrected chi connectivity index (χ4v) is 1.85. The van der Waals surface area contributed by atoms with Crippen molar-refractivity contribution in [3.63, 3.8) is 0 Å². The van der Waals surface area contributed by atoms with E-state index in [-0.39, 0.29) is 5.82 Å². The van der Waals surface area contributed by atoms with Gasteiger partial charge in [-0.2, -0.15) is 0 Å². The monoisotopic (exact) mass is 274 g/mol. The summed E-state index contributed by atoms with van der Waals surface area (Å²) < 4.78 is 18.5. The maximum absolute atomic E-state index is 12.8. The van der Waals surface area contributed by atoms with Crippen molar-refractivity contribution >= 4 is 0 Å². The van der Waals surface area contributed by atoms with Gasteiger partial charge in [-0.05, 0) is 55.8 Å². The molecule has 0 spiro atoms. The SMILES string of the molecule is CCCNCc1cnc(Oc2ccc(F)cc2)c(C)c1. The average Bonchev–Trinajstić information content (AvgIpc) is 2.44. The van der Waals surface area contributed by atoms with Crippen molar-refractivity contribution in [2.45, 2.75) is 26.8 Å². The first kappa shape index (κ1) is 14.5. The molecule has 4 heteroatoms. The summed E-state index contributed by atoms with van der Waals surface area (Å²) in [6, 6.07) is 7.97. The third-order valence-electron chi connectivity index (χ3n) is 2.87. The summed E-state index contributed by atoms with van der Waals surface area (Å²) in [4.78, 5) is 4.32. The zero-order valence-electron chi connectivity index (χ0n) is 11.8. The molecule has 0 amide bonds. The summed E-state index contributed by atoms with van der Waals surface area (Å²) in [6.45, 7) is 5.89. The Hall–Kier alpha value is -1.94. The van der Waals surface area contributed by atoms with Crippen LogP contribution in [0.3, 0.4) is 0 Å². The highest BCUT2D eigenvalue weighted by atomic mass is 19.1. The smallest absolute Gasteiger partial charge is 0.222 e. The summed E-state index contributed by atoms with van der Waals surface area (Å²) >= 11 is 0. The van der Waals surface area contributed by atoms with Crippen LogP contribution in [0, 0.1) is 12.7 Å². The van der Waals surface area contributed by atoms with E-state index < -0.39 is 0 Å². The minimum Gasteiger partial charge on any atom is -0.439 e. The average molecular weight is 274 g/mol. The molecule has 1 heterocycles. The highest BCUT2D eigenvalue weighted by molar-refractivity contribution is 5.33. The predicted octanol–water partition coefficient (Wildman–Crippen LogP) is 3.82. The molecule has 20 heavy (non-hydrogen) atoms. The second-order valence-electron chi connectivity index (χ2n) is 4.70. The molecule has 0 unspecified atom stereocenters. The molecule has 2 rings (SSSR count). The van der Waals surface area contributed by atoms with Crippen LogP contribution in [0.4, 0.5) is 4.39 Å². The third-order valence-corrected chi connectivity index (χ3v) is 2.87. The van der Waals surface area contributed by atoms with Crippen molar-refractivity contribution in [2.75, 3.05) is 6.54 Å². The van der Waals surface area contributed by atoms with Gasteiger partial charge in [-0.3, -0.25) is 0 Å². The van der Waals surface area contributed by atoms with E-state index in [1.54, 1.807) is 18.3 Å². The van der Waals surface area contributed by atoms with Crippen molar-refractivity contribution in [3.8, 4) is 11.6 Å². The van der Waals surface area contributed by atoms with Crippen molar-refractivity contribution in [1.29, 1.82) is 0 Å². The molecule has 0 saturated carbocycles. The van der Waals surface area contributed by atoms with Crippen LogP contribution in [0.25, 0.3) is 0 Å². The van der Waals surface area contributed by atoms with Gasteiger partial charge in [0.25, 0.3) is 0 Å². The Morgan fingerprint density at radius 1 is 1.25 bits per heavy atom. The van der Waals surface area contributed by atoms with E-state index in [1.807, 2.05) is 6.92 Å². The maximum atomic E-state index is 12.8. The highest BCUT2D eigenvalue weighted by Gasteiger charge is 2.05. The second kappa shape index (κ2) is 7.01. The van der Waals surface area contributed by atoms with E-state index in [9.17, 15) is 4.39 Å². The van der Waals surface area contributed by atoms with Crippen molar-refractivity contribution in [3.05, 3.63) is 53.5 Å². The number of halogens is 1. The van der Waals surface area contributed by atoms with Crippen LogP contribution < -0.4 is 10.1 Å². The van der Waals surface area contributed by atoms with E-state index >= 15 is 0 Å². The Morgan fingerprint density at radius 2 is 2.00 bits per heavy atom. The first-order valence-electron chi connectivity index (χ1n) is 6.78. The number of ether oxygens (including phenoxy) is 1. The van der Waals surface area contributed by atoms with E-state index in [1.165, 1.54) is 12.1 Å². The lowest BCUT2D eigenvalue weighted by Gasteiger charge is -2.09. The Balaban J connectivity index is 2.03. The number of nitrogens with one attached hydrogen (secondary N) is 1. The molecule has 3 nitrogen and oxygen atoms in total. The minimum atomic E-state index is -0.278. The number of pyridine rings is 1. The summed E-state index contributed by atoms with van der Waals surface area (Å²) in [5.41, 5.74) is 2.09. The van der Waals surface area contributed by atoms with E-state index in [2.05, 4.69) is 23.3 Å². The predicted molar refractivity (Wildman–Crippen MR) is 77.4 cm³/mol. The highest BCUT2D eigenvalue weighted by Crippen LogP contribution is 2.23. The first-order valence-corrected chi connectivity index (χ1v) is 6.78. The fourth-order valence-electron chi connectivity index (χ4n) is 1.85. The van der Waals surface area contributed by atoms with Crippen LogP contribution in [0.15, 0.2) is 36.5 Å². The van der Waals surface area contributed by atoms with Gasteiger partial charge in [-0.1, -0.05) is 6.92 Å². The largest absolute Gasteiger partial charge is 0.439 e. The summed E-state index contributed by atoms with van der Waals surface area (Å²) in [7, 11) is 0. The Kier molecular flexibility index (Phi) is 5.07. The molecule has 0 saturated heterocycles. The van der Waals surface area contributed by atoms with Crippen LogP contribution in [0.2, 0.25) is 0 Å². The van der Waals surface area contributed by atoms with Gasteiger partial charge in [-0.25, -0.2) is 9.37 Å². The standard InChI is InChI=1S/C16H19FN2O/c1-3-8-18-10-13-9-12(2)16(19-11-13)20-15-6-4-14(17)5-7-15/h4-7,9,11,18H,3,8,10H2,1-2H3. The van der Waals surface area contributed by atoms with E-state index in [0.717, 1.165) is 30.6 Å². The number of rotatable bonds is 6. The van der Waals surface area contributed by atoms with Crippen molar-refractivity contribution in [2.24, 2.45) is 0 Å². The summed E-state index contributed by atoms with van der Waals surface area (Å²) in [5.74, 6) is 0.856. The molecule has 1 aromatic heterocycles. The molecular weight excluding hydrogens is 255 g/mol. The van der Waals surface area contributed by atoms with Gasteiger partial charge in [-0.15, -0.1) is 0 Å². The lowest BCUT2D eigenvalue weighted by atomic mass is 10.2. The quantitative estimate of drug-likeness (QED) is 0.813. The van der Waals surface area contributed by atoms with Crippen molar-refractivity contribution in [1.82, 2.24) is 10.3 Å². The van der Waals surface area contributed by atoms with Gasteiger partial charge in [0, 0.05) is 18.3 Å². The molecule has 0 aliphatic heterocycles. The minimum absolute atomic E-state index is 0.278. The van der Waals surface area contributed by atoms with Crippen LogP contribution in [-0.4, -0.2) is 11.5 Å². The fraction of sp³-hybridized carbons (Fsp3) is 0.312. The molecule has 0 aliphatic rings. The molecule has 2 aromatic rings. The molecule has 1 aromatic carbocycles. The molecule has 0 atom stereocenters. The second-order valence-corrected chi connectivity index (χ2v) is 4.70. The molecular formula is C16H19FN2O. The zero-order chi connectivity index (χ0) is 14.4. The molecule has 106 valence electrons. The van der Waals surface area contributed by atoms with Gasteiger partial charge < -0.3 is 10.1 Å². The zero-order valence-corrected chi connectivity index (χ0v) is 11.8. The lowest BCUT2D eigenvalue weighted by Crippen LogP contribution is -2.14. The summed E-state index contributed by atoms with van der Waals surface area (Å²) in [5, 5.41) is 3.33. The maximum Gasteiger partial charge on any atom is 0.222 e. The van der Waals surface area contributed by atoms with Gasteiger partial charge in [0.05, 0.1) is 0 Å². The lowest BCUT2D eigenvalue weighted by molar-refractivity contribution is 0.456.